The lowest BCUT2D eigenvalue weighted by Crippen LogP contribution is -2.39. The highest BCUT2D eigenvalue weighted by Crippen LogP contribution is 2.43. The van der Waals surface area contributed by atoms with Gasteiger partial charge in [0.25, 0.3) is 0 Å². The summed E-state index contributed by atoms with van der Waals surface area (Å²) in [5, 5.41) is 9.46. The van der Waals surface area contributed by atoms with Crippen molar-refractivity contribution in [2.75, 3.05) is 31.2 Å². The molecule has 0 saturated carbocycles. The maximum Gasteiger partial charge on any atom is 0.433 e. The summed E-state index contributed by atoms with van der Waals surface area (Å²) >= 11 is 0. The molecule has 6 nitrogen and oxygen atoms in total. The molecule has 3 heterocycles. The second-order valence-corrected chi connectivity index (χ2v) is 5.71. The number of aryl methyl sites for hydroxylation is 1. The number of alkyl halides is 3. The van der Waals surface area contributed by atoms with Crippen LogP contribution in [-0.2, 0) is 15.7 Å². The molecule has 0 bridgehead atoms. The molecule has 0 aromatic carbocycles. The summed E-state index contributed by atoms with van der Waals surface area (Å²) in [5.41, 5.74) is -2.09. The van der Waals surface area contributed by atoms with Crippen molar-refractivity contribution in [3.8, 4) is 0 Å². The Kier molecular flexibility index (Phi) is 3.28. The molecular weight excluding hydrogens is 303 g/mol. The minimum atomic E-state index is -4.56. The van der Waals surface area contributed by atoms with Gasteiger partial charge < -0.3 is 14.7 Å². The number of carboxylic acid groups (broad SMARTS) is 1. The van der Waals surface area contributed by atoms with Crippen molar-refractivity contribution in [1.29, 1.82) is 0 Å². The van der Waals surface area contributed by atoms with E-state index < -0.39 is 23.3 Å². The van der Waals surface area contributed by atoms with Crippen molar-refractivity contribution in [1.82, 2.24) is 9.97 Å². The predicted octanol–water partition coefficient (Wildman–Crippen LogP) is 1.34. The van der Waals surface area contributed by atoms with E-state index in [1.54, 1.807) is 4.90 Å². The highest BCUT2D eigenvalue weighted by molar-refractivity contribution is 5.78. The van der Waals surface area contributed by atoms with E-state index >= 15 is 0 Å². The fourth-order valence-electron chi connectivity index (χ4n) is 3.07. The normalized spacial score (nSPS) is 28.0. The largest absolute Gasteiger partial charge is 0.481 e. The summed E-state index contributed by atoms with van der Waals surface area (Å²) in [6.07, 6.45) is -4.56. The molecule has 1 N–H and O–H groups in total. The number of aromatic nitrogens is 2. The SMILES string of the molecule is Cc1nc(N2C[C@@H]3COC[C@]3(C(=O)O)C2)cc(C(F)(F)F)n1. The molecule has 3 rings (SSSR count). The number of hydrogen-bond acceptors (Lipinski definition) is 5. The highest BCUT2D eigenvalue weighted by atomic mass is 19.4. The van der Waals surface area contributed by atoms with Gasteiger partial charge in [0.05, 0.1) is 13.2 Å². The van der Waals surface area contributed by atoms with E-state index in [9.17, 15) is 23.1 Å². The quantitative estimate of drug-likeness (QED) is 0.887. The van der Waals surface area contributed by atoms with Crippen LogP contribution in [0.2, 0.25) is 0 Å². The Morgan fingerprint density at radius 1 is 1.50 bits per heavy atom. The predicted molar refractivity (Wildman–Crippen MR) is 68.4 cm³/mol. The summed E-state index contributed by atoms with van der Waals surface area (Å²) < 4.78 is 43.8. The van der Waals surface area contributed by atoms with Crippen LogP contribution in [0.5, 0.6) is 0 Å². The molecule has 2 aliphatic rings. The number of hydrogen-bond donors (Lipinski definition) is 1. The van der Waals surface area contributed by atoms with Gasteiger partial charge in [0.1, 0.15) is 22.8 Å². The first-order valence-electron chi connectivity index (χ1n) is 6.71. The lowest BCUT2D eigenvalue weighted by molar-refractivity contribution is -0.149. The average molecular weight is 317 g/mol. The van der Waals surface area contributed by atoms with Crippen molar-refractivity contribution in [3.05, 3.63) is 17.6 Å². The van der Waals surface area contributed by atoms with Crippen LogP contribution in [0, 0.1) is 18.3 Å². The number of carboxylic acids is 1. The van der Waals surface area contributed by atoms with Gasteiger partial charge >= 0.3 is 12.1 Å². The number of anilines is 1. The Hall–Kier alpha value is -1.90. The molecule has 0 amide bonds. The molecule has 1 aromatic rings. The van der Waals surface area contributed by atoms with Gasteiger partial charge in [0.15, 0.2) is 0 Å². The molecule has 2 saturated heterocycles. The second kappa shape index (κ2) is 4.80. The Balaban J connectivity index is 1.94. The van der Waals surface area contributed by atoms with Crippen LogP contribution < -0.4 is 4.90 Å². The summed E-state index contributed by atoms with van der Waals surface area (Å²) in [6, 6.07) is 0.866. The van der Waals surface area contributed by atoms with E-state index in [0.717, 1.165) is 6.07 Å². The van der Waals surface area contributed by atoms with Crippen molar-refractivity contribution >= 4 is 11.8 Å². The minimum Gasteiger partial charge on any atom is -0.481 e. The summed E-state index contributed by atoms with van der Waals surface area (Å²) in [4.78, 5) is 20.6. The number of aliphatic carboxylic acids is 1. The molecule has 0 radical (unpaired) electrons. The van der Waals surface area contributed by atoms with E-state index in [1.807, 2.05) is 0 Å². The number of halogens is 3. The van der Waals surface area contributed by atoms with Gasteiger partial charge in [-0.25, -0.2) is 9.97 Å². The molecule has 1 aromatic heterocycles. The average Bonchev–Trinajstić information content (AvgIpc) is 2.94. The molecule has 120 valence electrons. The first-order valence-corrected chi connectivity index (χ1v) is 6.71. The molecule has 0 unspecified atom stereocenters. The van der Waals surface area contributed by atoms with E-state index in [4.69, 9.17) is 4.74 Å². The summed E-state index contributed by atoms with van der Waals surface area (Å²) in [6.45, 7) is 2.13. The Bertz CT molecular complexity index is 622. The molecule has 2 fully saturated rings. The number of fused-ring (bicyclic) bond motifs is 1. The number of carbonyl (C=O) groups is 1. The van der Waals surface area contributed by atoms with Gasteiger partial charge in [0, 0.05) is 25.1 Å². The monoisotopic (exact) mass is 317 g/mol. The third-order valence-corrected chi connectivity index (χ3v) is 4.24. The van der Waals surface area contributed by atoms with Gasteiger partial charge in [-0.3, -0.25) is 4.79 Å². The number of rotatable bonds is 2. The fraction of sp³-hybridized carbons (Fsp3) is 0.615. The highest BCUT2D eigenvalue weighted by Gasteiger charge is 2.56. The molecular formula is C13H14F3N3O3. The Morgan fingerprint density at radius 2 is 2.23 bits per heavy atom. The molecule has 2 aliphatic heterocycles. The van der Waals surface area contributed by atoms with Gasteiger partial charge in [0.2, 0.25) is 0 Å². The lowest BCUT2D eigenvalue weighted by atomic mass is 9.81. The minimum absolute atomic E-state index is 0.00232. The molecule has 9 heteroatoms. The van der Waals surface area contributed by atoms with Crippen molar-refractivity contribution < 1.29 is 27.8 Å². The van der Waals surface area contributed by atoms with E-state index in [0.29, 0.717) is 13.2 Å². The van der Waals surface area contributed by atoms with E-state index in [-0.39, 0.29) is 30.7 Å². The summed E-state index contributed by atoms with van der Waals surface area (Å²) in [5.74, 6) is -1.13. The maximum absolute atomic E-state index is 12.8. The van der Waals surface area contributed by atoms with Crippen LogP contribution >= 0.6 is 0 Å². The topological polar surface area (TPSA) is 75.6 Å². The van der Waals surface area contributed by atoms with Gasteiger partial charge in [-0.1, -0.05) is 0 Å². The molecule has 0 spiro atoms. The molecule has 2 atom stereocenters. The first-order chi connectivity index (χ1) is 10.2. The zero-order valence-electron chi connectivity index (χ0n) is 11.7. The van der Waals surface area contributed by atoms with Crippen molar-refractivity contribution in [2.45, 2.75) is 13.1 Å². The van der Waals surface area contributed by atoms with E-state index in [2.05, 4.69) is 9.97 Å². The van der Waals surface area contributed by atoms with Crippen molar-refractivity contribution in [2.24, 2.45) is 11.3 Å². The van der Waals surface area contributed by atoms with Crippen LogP contribution in [0.25, 0.3) is 0 Å². The fourth-order valence-corrected chi connectivity index (χ4v) is 3.07. The molecule has 22 heavy (non-hydrogen) atoms. The Morgan fingerprint density at radius 3 is 2.82 bits per heavy atom. The molecule has 0 aliphatic carbocycles. The second-order valence-electron chi connectivity index (χ2n) is 5.71. The number of nitrogens with zero attached hydrogens (tertiary/aromatic N) is 3. The smallest absolute Gasteiger partial charge is 0.433 e. The van der Waals surface area contributed by atoms with Gasteiger partial charge in [-0.2, -0.15) is 13.2 Å². The maximum atomic E-state index is 12.8. The van der Waals surface area contributed by atoms with Crippen LogP contribution in [0.1, 0.15) is 11.5 Å². The van der Waals surface area contributed by atoms with Gasteiger partial charge in [-0.05, 0) is 6.92 Å². The zero-order chi connectivity index (χ0) is 16.1. The Labute approximate surface area is 123 Å². The van der Waals surface area contributed by atoms with E-state index in [1.165, 1.54) is 6.92 Å². The lowest BCUT2D eigenvalue weighted by Gasteiger charge is -2.23. The van der Waals surface area contributed by atoms with Gasteiger partial charge in [-0.15, -0.1) is 0 Å². The third-order valence-electron chi connectivity index (χ3n) is 4.24. The zero-order valence-corrected chi connectivity index (χ0v) is 11.7. The summed E-state index contributed by atoms with van der Waals surface area (Å²) in [7, 11) is 0. The van der Waals surface area contributed by atoms with Crippen LogP contribution in [0.3, 0.4) is 0 Å². The van der Waals surface area contributed by atoms with Crippen LogP contribution in [-0.4, -0.2) is 47.3 Å². The number of ether oxygens (including phenoxy) is 1. The van der Waals surface area contributed by atoms with Crippen molar-refractivity contribution in [3.63, 3.8) is 0 Å². The van der Waals surface area contributed by atoms with Crippen LogP contribution in [0.4, 0.5) is 19.0 Å². The standard InChI is InChI=1S/C13H14F3N3O3/c1-7-17-9(13(14,15)16)2-10(18-7)19-3-8-4-22-6-12(8,5-19)11(20)21/h2,8H,3-6H2,1H3,(H,20,21)/t8-,12-/m1/s1. The van der Waals surface area contributed by atoms with Crippen LogP contribution in [0.15, 0.2) is 6.07 Å². The first kappa shape index (κ1) is 15.0. The third kappa shape index (κ3) is 2.29.